The van der Waals surface area contributed by atoms with Gasteiger partial charge in [0.25, 0.3) is 5.91 Å². The predicted octanol–water partition coefficient (Wildman–Crippen LogP) is 3.35. The second-order valence-corrected chi connectivity index (χ2v) is 7.24. The standard InChI is InChI=1S/C20H19BrN4O2/c1-27-16-7-5-14(6-8-16)17-10-18-20(26)23-12-19(25(18)24-17)22-11-13-3-2-4-15(21)9-13/h2-10,19,22H,11-12H2,1H3,(H,23,26)/t19-/m1/s1. The largest absolute Gasteiger partial charge is 0.497 e. The molecule has 2 N–H and O–H groups in total. The number of halogens is 1. The molecule has 1 aliphatic heterocycles. The van der Waals surface area contributed by atoms with E-state index >= 15 is 0 Å². The van der Waals surface area contributed by atoms with Crippen LogP contribution in [0.2, 0.25) is 0 Å². The molecule has 4 rings (SSSR count). The zero-order chi connectivity index (χ0) is 18.8. The number of benzene rings is 2. The number of rotatable bonds is 5. The lowest BCUT2D eigenvalue weighted by Crippen LogP contribution is -2.45. The number of aromatic nitrogens is 2. The summed E-state index contributed by atoms with van der Waals surface area (Å²) in [5, 5.41) is 11.1. The van der Waals surface area contributed by atoms with Gasteiger partial charge >= 0.3 is 0 Å². The van der Waals surface area contributed by atoms with Gasteiger partial charge in [0.1, 0.15) is 17.6 Å². The van der Waals surface area contributed by atoms with Gasteiger partial charge in [0.05, 0.1) is 19.3 Å². The van der Waals surface area contributed by atoms with Crippen molar-refractivity contribution in [2.75, 3.05) is 13.7 Å². The quantitative estimate of drug-likeness (QED) is 0.656. The van der Waals surface area contributed by atoms with E-state index < -0.39 is 0 Å². The number of ether oxygens (including phenoxy) is 1. The van der Waals surface area contributed by atoms with Gasteiger partial charge in [0.2, 0.25) is 0 Å². The monoisotopic (exact) mass is 426 g/mol. The zero-order valence-corrected chi connectivity index (χ0v) is 16.4. The summed E-state index contributed by atoms with van der Waals surface area (Å²) in [7, 11) is 1.64. The van der Waals surface area contributed by atoms with Crippen molar-refractivity contribution < 1.29 is 9.53 Å². The first-order chi connectivity index (χ1) is 13.1. The number of fused-ring (bicyclic) bond motifs is 1. The molecule has 0 fully saturated rings. The van der Waals surface area contributed by atoms with E-state index in [9.17, 15) is 4.79 Å². The highest BCUT2D eigenvalue weighted by molar-refractivity contribution is 9.10. The van der Waals surface area contributed by atoms with E-state index in [1.54, 1.807) is 11.8 Å². The highest BCUT2D eigenvalue weighted by Crippen LogP contribution is 2.25. The van der Waals surface area contributed by atoms with E-state index in [-0.39, 0.29) is 12.1 Å². The maximum Gasteiger partial charge on any atom is 0.269 e. The Morgan fingerprint density at radius 2 is 2.07 bits per heavy atom. The van der Waals surface area contributed by atoms with Crippen molar-refractivity contribution in [3.63, 3.8) is 0 Å². The fraction of sp³-hybridized carbons (Fsp3) is 0.200. The summed E-state index contributed by atoms with van der Waals surface area (Å²) in [6.07, 6.45) is -0.108. The van der Waals surface area contributed by atoms with Crippen molar-refractivity contribution in [2.45, 2.75) is 12.7 Å². The van der Waals surface area contributed by atoms with Crippen LogP contribution in [0.25, 0.3) is 11.3 Å². The first-order valence-electron chi connectivity index (χ1n) is 8.64. The minimum Gasteiger partial charge on any atom is -0.497 e. The molecule has 0 bridgehead atoms. The molecule has 0 spiro atoms. The van der Waals surface area contributed by atoms with Crippen LogP contribution in [-0.2, 0) is 6.54 Å². The average Bonchev–Trinajstić information content (AvgIpc) is 3.14. The van der Waals surface area contributed by atoms with Gasteiger partial charge < -0.3 is 10.1 Å². The fourth-order valence-corrected chi connectivity index (χ4v) is 3.56. The summed E-state index contributed by atoms with van der Waals surface area (Å²) in [6.45, 7) is 1.17. The summed E-state index contributed by atoms with van der Waals surface area (Å²) < 4.78 is 8.02. The molecule has 2 heterocycles. The highest BCUT2D eigenvalue weighted by Gasteiger charge is 2.27. The number of methoxy groups -OCH3 is 1. The third-order valence-corrected chi connectivity index (χ3v) is 5.03. The van der Waals surface area contributed by atoms with Crippen molar-refractivity contribution >= 4 is 21.8 Å². The Hall–Kier alpha value is -2.64. The van der Waals surface area contributed by atoms with E-state index in [2.05, 4.69) is 43.8 Å². The van der Waals surface area contributed by atoms with Gasteiger partial charge in [-0.25, -0.2) is 4.68 Å². The molecule has 6 nitrogen and oxygen atoms in total. The van der Waals surface area contributed by atoms with Gasteiger partial charge in [0, 0.05) is 16.6 Å². The van der Waals surface area contributed by atoms with Gasteiger partial charge in [-0.15, -0.1) is 0 Å². The summed E-state index contributed by atoms with van der Waals surface area (Å²) in [5.41, 5.74) is 3.42. The van der Waals surface area contributed by atoms with Gasteiger partial charge in [-0.2, -0.15) is 5.10 Å². The molecule has 1 atom stereocenters. The maximum atomic E-state index is 12.3. The fourth-order valence-electron chi connectivity index (χ4n) is 3.11. The van der Waals surface area contributed by atoms with Crippen LogP contribution < -0.4 is 15.4 Å². The van der Waals surface area contributed by atoms with E-state index in [4.69, 9.17) is 4.74 Å². The van der Waals surface area contributed by atoms with E-state index in [0.29, 0.717) is 18.8 Å². The van der Waals surface area contributed by atoms with Crippen molar-refractivity contribution in [2.24, 2.45) is 0 Å². The van der Waals surface area contributed by atoms with Crippen LogP contribution in [0.1, 0.15) is 22.2 Å². The molecule has 27 heavy (non-hydrogen) atoms. The van der Waals surface area contributed by atoms with Crippen molar-refractivity contribution in [3.8, 4) is 17.0 Å². The van der Waals surface area contributed by atoms with Crippen molar-refractivity contribution in [3.05, 3.63) is 70.3 Å². The Labute approximate surface area is 165 Å². The molecule has 3 aromatic rings. The number of carbonyl (C=O) groups is 1. The molecule has 0 aliphatic carbocycles. The molecule has 138 valence electrons. The Bertz CT molecular complexity index is 968. The number of hydrogen-bond acceptors (Lipinski definition) is 4. The summed E-state index contributed by atoms with van der Waals surface area (Å²) in [4.78, 5) is 12.3. The molecule has 1 aliphatic rings. The van der Waals surface area contributed by atoms with E-state index in [1.165, 1.54) is 0 Å². The molecule has 0 saturated carbocycles. The smallest absolute Gasteiger partial charge is 0.269 e. The minimum atomic E-state index is -0.109. The Kier molecular flexibility index (Phi) is 4.96. The molecule has 2 aromatic carbocycles. The molecular weight excluding hydrogens is 408 g/mol. The molecule has 0 radical (unpaired) electrons. The SMILES string of the molecule is COc1ccc(-c2cc3n(n2)[C@@H](NCc2cccc(Br)c2)CNC3=O)cc1. The number of nitrogens with one attached hydrogen (secondary N) is 2. The Morgan fingerprint density at radius 1 is 1.26 bits per heavy atom. The predicted molar refractivity (Wildman–Crippen MR) is 107 cm³/mol. The van der Waals surface area contributed by atoms with Crippen LogP contribution in [0.3, 0.4) is 0 Å². The first kappa shape index (κ1) is 17.8. The van der Waals surface area contributed by atoms with Gasteiger partial charge in [-0.1, -0.05) is 28.1 Å². The van der Waals surface area contributed by atoms with Crippen LogP contribution in [0, 0.1) is 0 Å². The molecule has 0 saturated heterocycles. The topological polar surface area (TPSA) is 68.2 Å². The normalized spacial score (nSPS) is 15.9. The van der Waals surface area contributed by atoms with Crippen LogP contribution in [0.5, 0.6) is 5.75 Å². The Balaban J connectivity index is 1.57. The van der Waals surface area contributed by atoms with Gasteiger partial charge in [-0.05, 0) is 48.0 Å². The highest BCUT2D eigenvalue weighted by atomic mass is 79.9. The average molecular weight is 427 g/mol. The maximum absolute atomic E-state index is 12.3. The number of carbonyl (C=O) groups excluding carboxylic acids is 1. The van der Waals surface area contributed by atoms with Crippen LogP contribution >= 0.6 is 15.9 Å². The molecule has 1 aromatic heterocycles. The van der Waals surface area contributed by atoms with Crippen molar-refractivity contribution in [1.82, 2.24) is 20.4 Å². The van der Waals surface area contributed by atoms with Crippen molar-refractivity contribution in [1.29, 1.82) is 0 Å². The second-order valence-electron chi connectivity index (χ2n) is 6.32. The van der Waals surface area contributed by atoms with E-state index in [0.717, 1.165) is 27.0 Å². The lowest BCUT2D eigenvalue weighted by molar-refractivity contribution is 0.0900. The Morgan fingerprint density at radius 3 is 2.81 bits per heavy atom. The lowest BCUT2D eigenvalue weighted by Gasteiger charge is -2.25. The third kappa shape index (κ3) is 3.74. The minimum absolute atomic E-state index is 0.108. The first-order valence-corrected chi connectivity index (χ1v) is 9.43. The van der Waals surface area contributed by atoms with Crippen LogP contribution in [0.4, 0.5) is 0 Å². The number of hydrogen-bond donors (Lipinski definition) is 2. The summed E-state index contributed by atoms with van der Waals surface area (Å²) in [5.74, 6) is 0.678. The van der Waals surface area contributed by atoms with Crippen LogP contribution in [0.15, 0.2) is 59.1 Å². The number of nitrogens with zero attached hydrogens (tertiary/aromatic N) is 2. The van der Waals surface area contributed by atoms with E-state index in [1.807, 2.05) is 42.5 Å². The summed E-state index contributed by atoms with van der Waals surface area (Å²) in [6, 6.07) is 17.6. The lowest BCUT2D eigenvalue weighted by atomic mass is 10.1. The van der Waals surface area contributed by atoms with Crippen LogP contribution in [-0.4, -0.2) is 29.3 Å². The van der Waals surface area contributed by atoms with Gasteiger partial charge in [-0.3, -0.25) is 10.1 Å². The molecule has 1 amide bonds. The van der Waals surface area contributed by atoms with Gasteiger partial charge in [0.15, 0.2) is 0 Å². The zero-order valence-electron chi connectivity index (χ0n) is 14.8. The molecule has 0 unspecified atom stereocenters. The number of amides is 1. The molecule has 7 heteroatoms. The third-order valence-electron chi connectivity index (χ3n) is 4.54. The summed E-state index contributed by atoms with van der Waals surface area (Å²) >= 11 is 3.49. The second kappa shape index (κ2) is 7.54. The molecular formula is C20H19BrN4O2.